The molecule has 8 nitrogen and oxygen atoms in total. The molecule has 2 N–H and O–H groups in total. The Kier molecular flexibility index (Phi) is 3.99. The molecule has 1 aliphatic rings. The molecule has 2 amide bonds. The van der Waals surface area contributed by atoms with Crippen molar-refractivity contribution in [1.82, 2.24) is 13.7 Å². The Morgan fingerprint density at radius 3 is 2.96 bits per heavy atom. The zero-order chi connectivity index (χ0) is 19.1. The molecule has 0 bridgehead atoms. The first-order valence-electron chi connectivity index (χ1n) is 8.22. The van der Waals surface area contributed by atoms with Gasteiger partial charge in [-0.2, -0.15) is 8.75 Å². The lowest BCUT2D eigenvalue weighted by atomic mass is 10.1. The molecule has 4 aromatic rings. The summed E-state index contributed by atoms with van der Waals surface area (Å²) in [5.41, 5.74) is 4.07. The lowest BCUT2D eigenvalue weighted by Crippen LogP contribution is -2.25. The third-order valence-electron chi connectivity index (χ3n) is 4.15. The fourth-order valence-corrected chi connectivity index (χ4v) is 4.03. The van der Waals surface area contributed by atoms with Crippen LogP contribution in [0.5, 0.6) is 5.75 Å². The van der Waals surface area contributed by atoms with E-state index in [9.17, 15) is 9.59 Å². The number of amides is 2. The van der Waals surface area contributed by atoms with Crippen molar-refractivity contribution >= 4 is 56.7 Å². The van der Waals surface area contributed by atoms with E-state index >= 15 is 0 Å². The molecule has 0 radical (unpaired) electrons. The van der Waals surface area contributed by atoms with E-state index in [2.05, 4.69) is 24.4 Å². The highest BCUT2D eigenvalue weighted by atomic mass is 32.1. The fraction of sp³-hybridized carbons (Fsp3) is 0.0556. The molecule has 0 spiro atoms. The van der Waals surface area contributed by atoms with Gasteiger partial charge in [-0.3, -0.25) is 14.9 Å². The van der Waals surface area contributed by atoms with Gasteiger partial charge in [-0.05, 0) is 36.4 Å². The highest BCUT2D eigenvalue weighted by Crippen LogP contribution is 2.33. The molecule has 2 aromatic heterocycles. The molecule has 2 aromatic carbocycles. The summed E-state index contributed by atoms with van der Waals surface area (Å²) in [5.74, 6) is 0.170. The Morgan fingerprint density at radius 1 is 1.14 bits per heavy atom. The second kappa shape index (κ2) is 6.66. The van der Waals surface area contributed by atoms with Crippen molar-refractivity contribution in [3.8, 4) is 17.0 Å². The number of rotatable bonds is 3. The molecule has 0 aliphatic carbocycles. The van der Waals surface area contributed by atoms with Gasteiger partial charge < -0.3 is 10.1 Å². The summed E-state index contributed by atoms with van der Waals surface area (Å²) < 4.78 is 13.6. The molecular formula is C18H11N5O3S2. The molecule has 0 unspecified atom stereocenters. The maximum atomic E-state index is 12.5. The zero-order valence-electron chi connectivity index (χ0n) is 14.1. The normalized spacial score (nSPS) is 12.9. The summed E-state index contributed by atoms with van der Waals surface area (Å²) in [4.78, 5) is 28.5. The van der Waals surface area contributed by atoms with E-state index in [4.69, 9.17) is 4.74 Å². The third kappa shape index (κ3) is 3.08. The van der Waals surface area contributed by atoms with E-state index in [0.29, 0.717) is 33.3 Å². The van der Waals surface area contributed by atoms with E-state index in [0.717, 1.165) is 22.8 Å². The van der Waals surface area contributed by atoms with Crippen molar-refractivity contribution in [2.45, 2.75) is 0 Å². The van der Waals surface area contributed by atoms with Gasteiger partial charge in [-0.1, -0.05) is 0 Å². The molecule has 0 saturated carbocycles. The summed E-state index contributed by atoms with van der Waals surface area (Å²) in [6.45, 7) is 0.0159. The Hall–Kier alpha value is -3.37. The highest BCUT2D eigenvalue weighted by molar-refractivity contribution is 7.14. The average Bonchev–Trinajstić information content (AvgIpc) is 3.36. The number of fused-ring (bicyclic) bond motifs is 2. The topological polar surface area (TPSA) is 106 Å². The minimum atomic E-state index is -0.262. The van der Waals surface area contributed by atoms with Crippen LogP contribution in [0.25, 0.3) is 22.3 Å². The van der Waals surface area contributed by atoms with Crippen LogP contribution >= 0.6 is 23.1 Å². The lowest BCUT2D eigenvalue weighted by Gasteiger charge is -2.18. The second-order valence-corrected chi connectivity index (χ2v) is 7.39. The number of hydrogen-bond acceptors (Lipinski definition) is 8. The van der Waals surface area contributed by atoms with Crippen molar-refractivity contribution in [3.05, 3.63) is 47.3 Å². The Balaban J connectivity index is 1.36. The van der Waals surface area contributed by atoms with Crippen molar-refractivity contribution < 1.29 is 14.3 Å². The summed E-state index contributed by atoms with van der Waals surface area (Å²) in [7, 11) is 0. The van der Waals surface area contributed by atoms with E-state index in [1.807, 2.05) is 11.4 Å². The predicted octanol–water partition coefficient (Wildman–Crippen LogP) is 3.40. The van der Waals surface area contributed by atoms with Gasteiger partial charge in [0.25, 0.3) is 11.8 Å². The van der Waals surface area contributed by atoms with Gasteiger partial charge in [0.05, 0.1) is 23.1 Å². The number of nitrogens with one attached hydrogen (secondary N) is 2. The molecule has 10 heteroatoms. The Bertz CT molecular complexity index is 1230. The fourth-order valence-electron chi connectivity index (χ4n) is 2.80. The monoisotopic (exact) mass is 409 g/mol. The number of benzene rings is 2. The number of nitrogens with zero attached hydrogens (tertiary/aromatic N) is 3. The van der Waals surface area contributed by atoms with Crippen LogP contribution in [0.4, 0.5) is 10.8 Å². The quantitative estimate of drug-likeness (QED) is 0.537. The third-order valence-corrected chi connectivity index (χ3v) is 5.46. The van der Waals surface area contributed by atoms with Crippen LogP contribution in [0.15, 0.2) is 41.8 Å². The maximum absolute atomic E-state index is 12.5. The number of carbonyl (C=O) groups excluding carboxylic acids is 2. The van der Waals surface area contributed by atoms with Gasteiger partial charge in [-0.25, -0.2) is 4.98 Å². The predicted molar refractivity (Wildman–Crippen MR) is 107 cm³/mol. The van der Waals surface area contributed by atoms with Gasteiger partial charge in [-0.15, -0.1) is 11.3 Å². The average molecular weight is 409 g/mol. The molecule has 28 heavy (non-hydrogen) atoms. The van der Waals surface area contributed by atoms with Crippen LogP contribution in [0.1, 0.15) is 10.4 Å². The van der Waals surface area contributed by atoms with E-state index in [1.54, 1.807) is 30.3 Å². The van der Waals surface area contributed by atoms with Crippen LogP contribution in [0, 0.1) is 0 Å². The standard InChI is InChI=1S/C18H11N5O3S2/c24-16-7-26-15-4-2-9(5-13(15)19-16)14-8-27-18(20-14)21-17(25)10-1-3-11-12(6-10)23-28-22-11/h1-6,8H,7H2,(H,19,24)(H,20,21,25). The van der Waals surface area contributed by atoms with Gasteiger partial charge in [0, 0.05) is 16.5 Å². The van der Waals surface area contributed by atoms with Crippen LogP contribution < -0.4 is 15.4 Å². The largest absolute Gasteiger partial charge is 0.482 e. The van der Waals surface area contributed by atoms with Gasteiger partial charge in [0.15, 0.2) is 11.7 Å². The van der Waals surface area contributed by atoms with E-state index in [-0.39, 0.29) is 18.4 Å². The second-order valence-electron chi connectivity index (χ2n) is 6.01. The first-order chi connectivity index (χ1) is 13.7. The molecule has 0 fully saturated rings. The van der Waals surface area contributed by atoms with Crippen LogP contribution in [0.3, 0.4) is 0 Å². The molecule has 5 rings (SSSR count). The van der Waals surface area contributed by atoms with Crippen LogP contribution in [-0.4, -0.2) is 32.2 Å². The zero-order valence-corrected chi connectivity index (χ0v) is 15.8. The van der Waals surface area contributed by atoms with Crippen LogP contribution in [0.2, 0.25) is 0 Å². The smallest absolute Gasteiger partial charge is 0.262 e. The van der Waals surface area contributed by atoms with Crippen molar-refractivity contribution in [3.63, 3.8) is 0 Å². The molecule has 138 valence electrons. The van der Waals surface area contributed by atoms with E-state index < -0.39 is 0 Å². The van der Waals surface area contributed by atoms with Crippen molar-refractivity contribution in [1.29, 1.82) is 0 Å². The Morgan fingerprint density at radius 2 is 2.04 bits per heavy atom. The highest BCUT2D eigenvalue weighted by Gasteiger charge is 2.17. The van der Waals surface area contributed by atoms with Gasteiger partial charge in [0.1, 0.15) is 16.8 Å². The molecule has 3 heterocycles. The number of anilines is 2. The summed E-state index contributed by atoms with van der Waals surface area (Å²) >= 11 is 2.43. The summed E-state index contributed by atoms with van der Waals surface area (Å²) in [6, 6.07) is 10.6. The first-order valence-corrected chi connectivity index (χ1v) is 9.83. The summed E-state index contributed by atoms with van der Waals surface area (Å²) in [5, 5.41) is 7.90. The minimum absolute atomic E-state index is 0.0159. The number of aromatic nitrogens is 3. The minimum Gasteiger partial charge on any atom is -0.482 e. The molecule has 1 aliphatic heterocycles. The number of hydrogen-bond donors (Lipinski definition) is 2. The Labute approximate surface area is 166 Å². The molecule has 0 saturated heterocycles. The van der Waals surface area contributed by atoms with Crippen molar-refractivity contribution in [2.24, 2.45) is 0 Å². The number of carbonyl (C=O) groups is 2. The summed E-state index contributed by atoms with van der Waals surface area (Å²) in [6.07, 6.45) is 0. The van der Waals surface area contributed by atoms with Crippen molar-refractivity contribution in [2.75, 3.05) is 17.2 Å². The first kappa shape index (κ1) is 16.8. The lowest BCUT2D eigenvalue weighted by molar-refractivity contribution is -0.118. The molecular weight excluding hydrogens is 398 g/mol. The number of thiazole rings is 1. The van der Waals surface area contributed by atoms with Gasteiger partial charge >= 0.3 is 0 Å². The van der Waals surface area contributed by atoms with Gasteiger partial charge in [0.2, 0.25) is 0 Å². The molecule has 0 atom stereocenters. The van der Waals surface area contributed by atoms with E-state index in [1.165, 1.54) is 11.3 Å². The number of ether oxygens (including phenoxy) is 1. The SMILES string of the molecule is O=C1COc2ccc(-c3csc(NC(=O)c4ccc5nsnc5c4)n3)cc2N1. The van der Waals surface area contributed by atoms with Crippen LogP contribution in [-0.2, 0) is 4.79 Å². The maximum Gasteiger partial charge on any atom is 0.262 e.